The maximum Gasteiger partial charge on any atom is 0.253 e. The minimum atomic E-state index is -0.0714. The average Bonchev–Trinajstić information content (AvgIpc) is 2.72. The van der Waals surface area contributed by atoms with E-state index in [1.54, 1.807) is 46.2 Å². The average molecular weight is 385 g/mol. The molecule has 2 aromatic rings. The molecule has 0 aliphatic carbocycles. The van der Waals surface area contributed by atoms with E-state index in [2.05, 4.69) is 0 Å². The van der Waals surface area contributed by atoms with Gasteiger partial charge in [-0.1, -0.05) is 29.8 Å². The first-order valence-electron chi connectivity index (χ1n) is 8.95. The van der Waals surface area contributed by atoms with E-state index < -0.39 is 0 Å². The normalized spacial score (nSPS) is 14.1. The smallest absolute Gasteiger partial charge is 0.253 e. The van der Waals surface area contributed by atoms with Crippen LogP contribution in [0.5, 0.6) is 0 Å². The topological polar surface area (TPSA) is 57.7 Å². The molecule has 0 unspecified atom stereocenters. The number of carbonyl (C=O) groups is 3. The van der Waals surface area contributed by atoms with Crippen molar-refractivity contribution >= 4 is 29.2 Å². The minimum absolute atomic E-state index is 0.0133. The van der Waals surface area contributed by atoms with Gasteiger partial charge in [-0.05, 0) is 36.4 Å². The Hall–Kier alpha value is -2.66. The molecule has 0 N–H and O–H groups in total. The molecule has 1 heterocycles. The van der Waals surface area contributed by atoms with Gasteiger partial charge in [-0.2, -0.15) is 0 Å². The lowest BCUT2D eigenvalue weighted by Crippen LogP contribution is -2.50. The van der Waals surface area contributed by atoms with Crippen molar-refractivity contribution in [3.05, 3.63) is 70.7 Å². The molecule has 27 heavy (non-hydrogen) atoms. The Balaban J connectivity index is 1.46. The maximum atomic E-state index is 12.4. The molecule has 0 bridgehead atoms. The van der Waals surface area contributed by atoms with E-state index in [0.717, 1.165) is 0 Å². The first-order chi connectivity index (χ1) is 13.0. The molecule has 1 fully saturated rings. The Morgan fingerprint density at radius 3 is 1.96 bits per heavy atom. The van der Waals surface area contributed by atoms with Crippen LogP contribution in [0.15, 0.2) is 54.6 Å². The number of piperazine rings is 1. The van der Waals surface area contributed by atoms with Gasteiger partial charge >= 0.3 is 0 Å². The summed E-state index contributed by atoms with van der Waals surface area (Å²) in [5.41, 5.74) is 1.22. The fraction of sp³-hybridized carbons (Fsp3) is 0.286. The molecular weight excluding hydrogens is 364 g/mol. The number of halogens is 1. The van der Waals surface area contributed by atoms with Crippen molar-refractivity contribution < 1.29 is 14.4 Å². The lowest BCUT2D eigenvalue weighted by molar-refractivity contribution is -0.132. The van der Waals surface area contributed by atoms with Crippen molar-refractivity contribution in [1.82, 2.24) is 9.80 Å². The second-order valence-electron chi connectivity index (χ2n) is 6.47. The molecule has 5 nitrogen and oxygen atoms in total. The van der Waals surface area contributed by atoms with Gasteiger partial charge < -0.3 is 9.80 Å². The lowest BCUT2D eigenvalue weighted by Gasteiger charge is -2.34. The third kappa shape index (κ3) is 4.95. The highest BCUT2D eigenvalue weighted by Crippen LogP contribution is 2.14. The second-order valence-corrected chi connectivity index (χ2v) is 6.91. The van der Waals surface area contributed by atoms with Crippen LogP contribution in [-0.2, 0) is 4.79 Å². The van der Waals surface area contributed by atoms with Crippen LogP contribution in [0.25, 0.3) is 0 Å². The van der Waals surface area contributed by atoms with Crippen molar-refractivity contribution in [2.45, 2.75) is 12.8 Å². The highest BCUT2D eigenvalue weighted by atomic mass is 35.5. The minimum Gasteiger partial charge on any atom is -0.339 e. The van der Waals surface area contributed by atoms with E-state index >= 15 is 0 Å². The monoisotopic (exact) mass is 384 g/mol. The van der Waals surface area contributed by atoms with Crippen LogP contribution >= 0.6 is 11.6 Å². The molecule has 0 saturated carbocycles. The third-order valence-corrected chi connectivity index (χ3v) is 4.92. The standard InChI is InChI=1S/C21H21ClN2O3/c22-18-8-6-16(7-9-18)19(25)10-11-20(26)23-12-14-24(15-13-23)21(27)17-4-2-1-3-5-17/h1-9H,10-15H2. The summed E-state index contributed by atoms with van der Waals surface area (Å²) in [6, 6.07) is 15.8. The van der Waals surface area contributed by atoms with Gasteiger partial charge in [-0.3, -0.25) is 14.4 Å². The number of ketones is 1. The summed E-state index contributed by atoms with van der Waals surface area (Å²) in [5.74, 6) is -0.136. The van der Waals surface area contributed by atoms with Crippen LogP contribution in [0.4, 0.5) is 0 Å². The highest BCUT2D eigenvalue weighted by molar-refractivity contribution is 6.30. The van der Waals surface area contributed by atoms with E-state index in [1.165, 1.54) is 0 Å². The summed E-state index contributed by atoms with van der Waals surface area (Å²) in [7, 11) is 0. The third-order valence-electron chi connectivity index (χ3n) is 4.67. The van der Waals surface area contributed by atoms with E-state index in [1.807, 2.05) is 18.2 Å². The van der Waals surface area contributed by atoms with E-state index in [9.17, 15) is 14.4 Å². The van der Waals surface area contributed by atoms with Crippen LogP contribution in [0, 0.1) is 0 Å². The van der Waals surface area contributed by atoms with Gasteiger partial charge in [0, 0.05) is 55.2 Å². The van der Waals surface area contributed by atoms with Gasteiger partial charge in [0.1, 0.15) is 0 Å². The molecule has 0 aromatic heterocycles. The number of Topliss-reactive ketones (excluding diaryl/α,β-unsaturated/α-hetero) is 1. The van der Waals surface area contributed by atoms with Crippen molar-refractivity contribution in [3.63, 3.8) is 0 Å². The summed E-state index contributed by atoms with van der Waals surface area (Å²) in [5, 5.41) is 0.575. The van der Waals surface area contributed by atoms with E-state index in [4.69, 9.17) is 11.6 Å². The molecule has 140 valence electrons. The molecule has 1 saturated heterocycles. The predicted octanol–water partition coefficient (Wildman–Crippen LogP) is 3.29. The first-order valence-corrected chi connectivity index (χ1v) is 9.33. The number of rotatable bonds is 5. The summed E-state index contributed by atoms with van der Waals surface area (Å²) < 4.78 is 0. The molecular formula is C21H21ClN2O3. The molecule has 1 aliphatic rings. The zero-order valence-electron chi connectivity index (χ0n) is 14.9. The van der Waals surface area contributed by atoms with Gasteiger partial charge in [0.25, 0.3) is 5.91 Å². The fourth-order valence-corrected chi connectivity index (χ4v) is 3.21. The van der Waals surface area contributed by atoms with Gasteiger partial charge in [0.15, 0.2) is 5.78 Å². The van der Waals surface area contributed by atoms with Crippen LogP contribution in [0.3, 0.4) is 0 Å². The second kappa shape index (κ2) is 8.82. The quantitative estimate of drug-likeness (QED) is 0.743. The zero-order valence-corrected chi connectivity index (χ0v) is 15.7. The lowest BCUT2D eigenvalue weighted by atomic mass is 10.1. The number of benzene rings is 2. The van der Waals surface area contributed by atoms with Crippen LogP contribution < -0.4 is 0 Å². The van der Waals surface area contributed by atoms with Gasteiger partial charge in [0.2, 0.25) is 5.91 Å². The Labute approximate surface area is 163 Å². The van der Waals surface area contributed by atoms with Crippen LogP contribution in [-0.4, -0.2) is 53.6 Å². The van der Waals surface area contributed by atoms with Crippen molar-refractivity contribution in [1.29, 1.82) is 0 Å². The highest BCUT2D eigenvalue weighted by Gasteiger charge is 2.25. The zero-order chi connectivity index (χ0) is 19.2. The molecule has 0 spiro atoms. The van der Waals surface area contributed by atoms with E-state index in [0.29, 0.717) is 42.3 Å². The van der Waals surface area contributed by atoms with Gasteiger partial charge in [-0.15, -0.1) is 0 Å². The van der Waals surface area contributed by atoms with Crippen LogP contribution in [0.1, 0.15) is 33.6 Å². The maximum absolute atomic E-state index is 12.4. The summed E-state index contributed by atoms with van der Waals surface area (Å²) >= 11 is 5.82. The van der Waals surface area contributed by atoms with Gasteiger partial charge in [-0.25, -0.2) is 0 Å². The Morgan fingerprint density at radius 1 is 0.741 bits per heavy atom. The van der Waals surface area contributed by atoms with Crippen LogP contribution in [0.2, 0.25) is 5.02 Å². The molecule has 6 heteroatoms. The number of hydrogen-bond donors (Lipinski definition) is 0. The molecule has 0 radical (unpaired) electrons. The Bertz CT molecular complexity index is 813. The summed E-state index contributed by atoms with van der Waals surface area (Å²) in [6.45, 7) is 1.99. The summed E-state index contributed by atoms with van der Waals surface area (Å²) in [4.78, 5) is 40.5. The Morgan fingerprint density at radius 2 is 1.33 bits per heavy atom. The number of carbonyl (C=O) groups excluding carboxylic acids is 3. The van der Waals surface area contributed by atoms with Crippen molar-refractivity contribution in [2.24, 2.45) is 0 Å². The largest absolute Gasteiger partial charge is 0.339 e. The van der Waals surface area contributed by atoms with Crippen molar-refractivity contribution in [3.8, 4) is 0 Å². The fourth-order valence-electron chi connectivity index (χ4n) is 3.08. The number of amides is 2. The first kappa shape index (κ1) is 19.1. The SMILES string of the molecule is O=C(CCC(=O)N1CCN(C(=O)c2ccccc2)CC1)c1ccc(Cl)cc1. The Kier molecular flexibility index (Phi) is 6.24. The molecule has 0 atom stereocenters. The molecule has 2 aromatic carbocycles. The number of hydrogen-bond acceptors (Lipinski definition) is 3. The van der Waals surface area contributed by atoms with Crippen molar-refractivity contribution in [2.75, 3.05) is 26.2 Å². The van der Waals surface area contributed by atoms with E-state index in [-0.39, 0.29) is 30.4 Å². The number of nitrogens with zero attached hydrogens (tertiary/aromatic N) is 2. The molecule has 2 amide bonds. The van der Waals surface area contributed by atoms with Gasteiger partial charge in [0.05, 0.1) is 0 Å². The predicted molar refractivity (Wildman–Crippen MR) is 104 cm³/mol. The summed E-state index contributed by atoms with van der Waals surface area (Å²) in [6.07, 6.45) is 0.345. The molecule has 1 aliphatic heterocycles. The molecule has 3 rings (SSSR count).